The normalized spacial score (nSPS) is 14.4. The maximum atomic E-state index is 12.0. The lowest BCUT2D eigenvalue weighted by molar-refractivity contribution is -0.116. The van der Waals surface area contributed by atoms with E-state index in [-0.39, 0.29) is 5.91 Å². The van der Waals surface area contributed by atoms with Crippen LogP contribution in [0.15, 0.2) is 54.6 Å². The van der Waals surface area contributed by atoms with Crippen molar-refractivity contribution in [3.8, 4) is 5.75 Å². The lowest BCUT2D eigenvalue weighted by Gasteiger charge is -2.28. The zero-order valence-electron chi connectivity index (χ0n) is 15.3. The maximum absolute atomic E-state index is 12.0. The molecule has 1 saturated heterocycles. The Kier molecular flexibility index (Phi) is 6.31. The van der Waals surface area contributed by atoms with Crippen molar-refractivity contribution in [2.24, 2.45) is 0 Å². The van der Waals surface area contributed by atoms with Crippen LogP contribution in [0.4, 0.5) is 5.69 Å². The van der Waals surface area contributed by atoms with Gasteiger partial charge in [-0.25, -0.2) is 0 Å². The number of anilines is 1. The minimum atomic E-state index is -0.0964. The summed E-state index contributed by atoms with van der Waals surface area (Å²) in [5.41, 5.74) is 3.35. The third-order valence-corrected chi connectivity index (χ3v) is 4.67. The summed E-state index contributed by atoms with van der Waals surface area (Å²) in [6, 6.07) is 16.1. The molecule has 0 spiro atoms. The molecule has 0 unspecified atom stereocenters. The van der Waals surface area contributed by atoms with E-state index in [1.165, 1.54) is 24.9 Å². The number of piperidine rings is 1. The van der Waals surface area contributed by atoms with Gasteiger partial charge in [0, 0.05) is 31.4 Å². The first-order chi connectivity index (χ1) is 12.7. The summed E-state index contributed by atoms with van der Waals surface area (Å²) in [6.45, 7) is 2.82. The van der Waals surface area contributed by atoms with E-state index in [4.69, 9.17) is 4.74 Å². The van der Waals surface area contributed by atoms with Gasteiger partial charge in [-0.05, 0) is 60.7 Å². The highest BCUT2D eigenvalue weighted by Crippen LogP contribution is 2.20. The predicted molar refractivity (Wildman–Crippen MR) is 106 cm³/mol. The van der Waals surface area contributed by atoms with Crippen molar-refractivity contribution in [1.29, 1.82) is 0 Å². The summed E-state index contributed by atoms with van der Waals surface area (Å²) in [7, 11) is 1.64. The van der Waals surface area contributed by atoms with E-state index in [0.717, 1.165) is 30.0 Å². The Labute approximate surface area is 155 Å². The molecule has 0 bridgehead atoms. The van der Waals surface area contributed by atoms with Gasteiger partial charge in [0.1, 0.15) is 5.75 Å². The lowest BCUT2D eigenvalue weighted by atomic mass is 10.1. The Morgan fingerprint density at radius 3 is 2.38 bits per heavy atom. The molecule has 1 aliphatic heterocycles. The van der Waals surface area contributed by atoms with E-state index in [9.17, 15) is 4.79 Å². The molecule has 1 fully saturated rings. The topological polar surface area (TPSA) is 41.6 Å². The molecule has 2 aromatic rings. The SMILES string of the molecule is COc1ccc(/C=C/C(=O)NCc2ccc(N3CCCCC3)cc2)cc1. The quantitative estimate of drug-likeness (QED) is 0.800. The molecule has 2 aromatic carbocycles. The van der Waals surface area contributed by atoms with Crippen LogP contribution in [-0.4, -0.2) is 26.1 Å². The number of benzene rings is 2. The fraction of sp³-hybridized carbons (Fsp3) is 0.318. The van der Waals surface area contributed by atoms with Crippen LogP contribution in [0.5, 0.6) is 5.75 Å². The second-order valence-corrected chi connectivity index (χ2v) is 6.54. The van der Waals surface area contributed by atoms with Crippen molar-refractivity contribution in [2.45, 2.75) is 25.8 Å². The smallest absolute Gasteiger partial charge is 0.244 e. The minimum Gasteiger partial charge on any atom is -0.497 e. The van der Waals surface area contributed by atoms with Crippen LogP contribution in [0.1, 0.15) is 30.4 Å². The number of hydrogen-bond donors (Lipinski definition) is 1. The van der Waals surface area contributed by atoms with Crippen molar-refractivity contribution in [3.05, 3.63) is 65.7 Å². The first kappa shape index (κ1) is 18.1. The number of nitrogens with one attached hydrogen (secondary N) is 1. The Morgan fingerprint density at radius 1 is 1.04 bits per heavy atom. The molecular weight excluding hydrogens is 324 g/mol. The fourth-order valence-electron chi connectivity index (χ4n) is 3.11. The van der Waals surface area contributed by atoms with E-state index < -0.39 is 0 Å². The summed E-state index contributed by atoms with van der Waals surface area (Å²) in [5, 5.41) is 2.93. The van der Waals surface area contributed by atoms with Crippen molar-refractivity contribution in [2.75, 3.05) is 25.1 Å². The molecular formula is C22H26N2O2. The molecule has 1 amide bonds. The molecule has 4 nitrogen and oxygen atoms in total. The second-order valence-electron chi connectivity index (χ2n) is 6.54. The highest BCUT2D eigenvalue weighted by Gasteiger charge is 2.10. The zero-order chi connectivity index (χ0) is 18.2. The van der Waals surface area contributed by atoms with Gasteiger partial charge in [0.05, 0.1) is 7.11 Å². The monoisotopic (exact) mass is 350 g/mol. The maximum Gasteiger partial charge on any atom is 0.244 e. The summed E-state index contributed by atoms with van der Waals surface area (Å²) in [5.74, 6) is 0.709. The van der Waals surface area contributed by atoms with Crippen LogP contribution in [0.3, 0.4) is 0 Å². The number of carbonyl (C=O) groups excluding carboxylic acids is 1. The first-order valence-corrected chi connectivity index (χ1v) is 9.18. The van der Waals surface area contributed by atoms with E-state index in [0.29, 0.717) is 6.54 Å². The highest BCUT2D eigenvalue weighted by molar-refractivity contribution is 5.91. The Hall–Kier alpha value is -2.75. The Morgan fingerprint density at radius 2 is 1.73 bits per heavy atom. The second kappa shape index (κ2) is 9.09. The average molecular weight is 350 g/mol. The molecule has 0 aliphatic carbocycles. The highest BCUT2D eigenvalue weighted by atomic mass is 16.5. The number of ether oxygens (including phenoxy) is 1. The first-order valence-electron chi connectivity index (χ1n) is 9.18. The van der Waals surface area contributed by atoms with Crippen molar-refractivity contribution in [1.82, 2.24) is 5.32 Å². The summed E-state index contributed by atoms with van der Waals surface area (Å²) in [6.07, 6.45) is 7.25. The van der Waals surface area contributed by atoms with Gasteiger partial charge >= 0.3 is 0 Å². The lowest BCUT2D eigenvalue weighted by Crippen LogP contribution is -2.29. The van der Waals surface area contributed by atoms with Gasteiger partial charge in [0.25, 0.3) is 0 Å². The number of amides is 1. The van der Waals surface area contributed by atoms with Gasteiger partial charge in [-0.2, -0.15) is 0 Å². The molecule has 1 N–H and O–H groups in total. The van der Waals surface area contributed by atoms with Gasteiger partial charge in [-0.3, -0.25) is 4.79 Å². The molecule has 3 rings (SSSR count). The fourth-order valence-corrected chi connectivity index (χ4v) is 3.11. The Bertz CT molecular complexity index is 730. The van der Waals surface area contributed by atoms with Gasteiger partial charge < -0.3 is 15.0 Å². The largest absolute Gasteiger partial charge is 0.497 e. The predicted octanol–water partition coefficient (Wildman–Crippen LogP) is 4.02. The van der Waals surface area contributed by atoms with Crippen LogP contribution >= 0.6 is 0 Å². The van der Waals surface area contributed by atoms with E-state index in [1.807, 2.05) is 24.3 Å². The molecule has 136 valence electrons. The number of methoxy groups -OCH3 is 1. The summed E-state index contributed by atoms with van der Waals surface area (Å²) < 4.78 is 5.12. The molecule has 0 aromatic heterocycles. The molecule has 0 radical (unpaired) electrons. The van der Waals surface area contributed by atoms with Crippen molar-refractivity contribution >= 4 is 17.7 Å². The van der Waals surface area contributed by atoms with Gasteiger partial charge in [-0.15, -0.1) is 0 Å². The molecule has 4 heteroatoms. The van der Waals surface area contributed by atoms with E-state index >= 15 is 0 Å². The van der Waals surface area contributed by atoms with Gasteiger partial charge in [-0.1, -0.05) is 24.3 Å². The molecule has 1 heterocycles. The summed E-state index contributed by atoms with van der Waals surface area (Å²) in [4.78, 5) is 14.4. The van der Waals surface area contributed by atoms with Gasteiger partial charge in [0.15, 0.2) is 0 Å². The molecule has 26 heavy (non-hydrogen) atoms. The molecule has 1 aliphatic rings. The number of hydrogen-bond acceptors (Lipinski definition) is 3. The molecule has 0 atom stereocenters. The van der Waals surface area contributed by atoms with Crippen molar-refractivity contribution in [3.63, 3.8) is 0 Å². The van der Waals surface area contributed by atoms with Crippen LogP contribution in [0, 0.1) is 0 Å². The Balaban J connectivity index is 1.48. The zero-order valence-corrected chi connectivity index (χ0v) is 15.3. The van der Waals surface area contributed by atoms with Crippen LogP contribution in [0.2, 0.25) is 0 Å². The number of rotatable bonds is 6. The van der Waals surface area contributed by atoms with Crippen LogP contribution in [0.25, 0.3) is 6.08 Å². The third kappa shape index (κ3) is 5.12. The number of nitrogens with zero attached hydrogens (tertiary/aromatic N) is 1. The van der Waals surface area contributed by atoms with Crippen molar-refractivity contribution < 1.29 is 9.53 Å². The third-order valence-electron chi connectivity index (χ3n) is 4.67. The molecule has 0 saturated carbocycles. The summed E-state index contributed by atoms with van der Waals surface area (Å²) >= 11 is 0. The minimum absolute atomic E-state index is 0.0964. The average Bonchev–Trinajstić information content (AvgIpc) is 2.72. The van der Waals surface area contributed by atoms with E-state index in [1.54, 1.807) is 19.3 Å². The van der Waals surface area contributed by atoms with Crippen LogP contribution < -0.4 is 15.0 Å². The van der Waals surface area contributed by atoms with E-state index in [2.05, 4.69) is 34.5 Å². The number of carbonyl (C=O) groups is 1. The van der Waals surface area contributed by atoms with Gasteiger partial charge in [0.2, 0.25) is 5.91 Å². The standard InChI is InChI=1S/C22H26N2O2/c1-26-21-12-7-18(8-13-21)9-14-22(25)23-17-19-5-10-20(11-6-19)24-15-3-2-4-16-24/h5-14H,2-4,15-17H2,1H3,(H,23,25)/b14-9+. The van der Waals surface area contributed by atoms with Crippen LogP contribution in [-0.2, 0) is 11.3 Å².